The number of amides is 1. The second kappa shape index (κ2) is 8.45. The van der Waals surface area contributed by atoms with Crippen molar-refractivity contribution in [1.82, 2.24) is 5.32 Å². The van der Waals surface area contributed by atoms with Crippen molar-refractivity contribution >= 4 is 13.5 Å². The summed E-state index contributed by atoms with van der Waals surface area (Å²) < 4.78 is 21.8. The van der Waals surface area contributed by atoms with Crippen LogP contribution in [0.3, 0.4) is 0 Å². The average Bonchev–Trinajstić information content (AvgIpc) is 2.60. The van der Waals surface area contributed by atoms with E-state index in [0.717, 1.165) is 0 Å². The number of aliphatic hydroxyl groups is 3. The fourth-order valence-corrected chi connectivity index (χ4v) is 3.10. The molecular weight excluding hydrogens is 369 g/mol. The molecule has 1 aromatic carbocycles. The Balaban J connectivity index is 2.07. The van der Waals surface area contributed by atoms with E-state index >= 15 is 0 Å². The number of nitrogens with one attached hydrogen (secondary N) is 1. The summed E-state index contributed by atoms with van der Waals surface area (Å²) in [5.41, 5.74) is 0.389. The maximum atomic E-state index is 11.5. The van der Waals surface area contributed by atoms with E-state index in [4.69, 9.17) is 19.3 Å². The molecule has 10 nitrogen and oxygen atoms in total. The maximum Gasteiger partial charge on any atom is 0.325 e. The Labute approximate surface area is 149 Å². The van der Waals surface area contributed by atoms with E-state index in [1.807, 2.05) is 0 Å². The van der Waals surface area contributed by atoms with Crippen LogP contribution in [-0.2, 0) is 9.30 Å². The van der Waals surface area contributed by atoms with Gasteiger partial charge in [-0.05, 0) is 30.7 Å². The number of carbonyl (C=O) groups is 1. The number of carbonyl (C=O) groups excluding carboxylic acids is 1. The number of rotatable bonds is 6. The second-order valence-electron chi connectivity index (χ2n) is 5.91. The van der Waals surface area contributed by atoms with Crippen LogP contribution in [0, 0.1) is 0 Å². The molecule has 11 heteroatoms. The molecule has 0 unspecified atom stereocenters. The number of hydrogen-bond donors (Lipinski definition) is 6. The summed E-state index contributed by atoms with van der Waals surface area (Å²) in [6, 6.07) is 5.89. The van der Waals surface area contributed by atoms with Gasteiger partial charge in [0.2, 0.25) is 6.29 Å². The largest absolute Gasteiger partial charge is 0.462 e. The molecule has 1 fully saturated rings. The first-order valence-corrected chi connectivity index (χ1v) is 9.65. The van der Waals surface area contributed by atoms with Crippen LogP contribution < -0.4 is 10.1 Å². The molecule has 1 heterocycles. The molecule has 1 aliphatic rings. The van der Waals surface area contributed by atoms with Gasteiger partial charge < -0.3 is 39.9 Å². The van der Waals surface area contributed by atoms with E-state index in [1.165, 1.54) is 31.3 Å². The molecule has 0 aromatic heterocycles. The smallest absolute Gasteiger partial charge is 0.325 e. The van der Waals surface area contributed by atoms with Gasteiger partial charge in [0.05, 0.1) is 12.3 Å². The summed E-state index contributed by atoms with van der Waals surface area (Å²) in [4.78, 5) is 29.4. The van der Waals surface area contributed by atoms with Crippen LogP contribution >= 0.6 is 7.60 Å². The van der Waals surface area contributed by atoms with Crippen LogP contribution in [0.5, 0.6) is 5.75 Å². The minimum Gasteiger partial charge on any atom is -0.462 e. The highest BCUT2D eigenvalue weighted by Gasteiger charge is 2.45. The molecule has 0 aliphatic carbocycles. The Kier molecular flexibility index (Phi) is 6.75. The molecule has 0 spiro atoms. The molecule has 2 rings (SSSR count). The van der Waals surface area contributed by atoms with Crippen molar-refractivity contribution < 1.29 is 43.9 Å². The van der Waals surface area contributed by atoms with Gasteiger partial charge in [0, 0.05) is 12.6 Å². The Morgan fingerprint density at radius 3 is 2.31 bits per heavy atom. The van der Waals surface area contributed by atoms with Crippen molar-refractivity contribution in [3.05, 3.63) is 29.8 Å². The zero-order valence-corrected chi connectivity index (χ0v) is 14.8. The minimum absolute atomic E-state index is 0.231. The van der Waals surface area contributed by atoms with Crippen molar-refractivity contribution in [2.24, 2.45) is 0 Å². The van der Waals surface area contributed by atoms with Gasteiger partial charge in [-0.25, -0.2) is 0 Å². The Hall–Kier alpha value is -1.52. The summed E-state index contributed by atoms with van der Waals surface area (Å²) in [6.45, 7) is 0. The fourth-order valence-electron chi connectivity index (χ4n) is 2.51. The third-order valence-corrected chi connectivity index (χ3v) is 4.81. The first kappa shape index (κ1) is 20.8. The van der Waals surface area contributed by atoms with Crippen molar-refractivity contribution in [2.75, 3.05) is 13.2 Å². The number of aliphatic hydroxyl groups excluding tert-OH is 3. The van der Waals surface area contributed by atoms with Gasteiger partial charge in [-0.3, -0.25) is 9.36 Å². The topological polar surface area (TPSA) is 166 Å². The third kappa shape index (κ3) is 5.24. The van der Waals surface area contributed by atoms with Crippen LogP contribution in [-0.4, -0.2) is 74.9 Å². The molecule has 0 radical (unpaired) electrons. The van der Waals surface area contributed by atoms with Gasteiger partial charge in [0.1, 0.15) is 24.1 Å². The molecule has 1 amide bonds. The lowest BCUT2D eigenvalue weighted by molar-refractivity contribution is -0.272. The lowest BCUT2D eigenvalue weighted by Gasteiger charge is -2.40. The third-order valence-electron chi connectivity index (χ3n) is 3.97. The predicted octanol–water partition coefficient (Wildman–Crippen LogP) is -1.20. The summed E-state index contributed by atoms with van der Waals surface area (Å²) >= 11 is 0. The van der Waals surface area contributed by atoms with Crippen LogP contribution in [0.1, 0.15) is 16.8 Å². The van der Waals surface area contributed by atoms with Gasteiger partial charge >= 0.3 is 7.60 Å². The zero-order valence-electron chi connectivity index (χ0n) is 13.9. The van der Waals surface area contributed by atoms with E-state index in [1.54, 1.807) is 0 Å². The maximum absolute atomic E-state index is 11.5. The normalized spacial score (nSPS) is 29.2. The van der Waals surface area contributed by atoms with Crippen molar-refractivity contribution in [3.63, 3.8) is 0 Å². The molecule has 0 bridgehead atoms. The van der Waals surface area contributed by atoms with Crippen molar-refractivity contribution in [2.45, 2.75) is 37.1 Å². The van der Waals surface area contributed by atoms with Gasteiger partial charge in [-0.1, -0.05) is 0 Å². The molecule has 26 heavy (non-hydrogen) atoms. The zero-order chi connectivity index (χ0) is 19.5. The quantitative estimate of drug-likeness (QED) is 0.327. The molecule has 5 atom stereocenters. The van der Waals surface area contributed by atoms with Gasteiger partial charge in [0.25, 0.3) is 5.91 Å². The molecule has 0 saturated carbocycles. The van der Waals surface area contributed by atoms with E-state index in [-0.39, 0.29) is 18.1 Å². The SMILES string of the molecule is CNC(=O)c1ccc(O[C@H]2O[C@H](CCP(=O)(O)O)[C@@H](O)[C@H](O)[C@@H]2O)cc1. The fraction of sp³-hybridized carbons (Fsp3) is 0.533. The number of benzene rings is 1. The monoisotopic (exact) mass is 391 g/mol. The number of ether oxygens (including phenoxy) is 2. The van der Waals surface area contributed by atoms with E-state index in [2.05, 4.69) is 5.32 Å². The predicted molar refractivity (Wildman–Crippen MR) is 88.7 cm³/mol. The molecule has 146 valence electrons. The van der Waals surface area contributed by atoms with Crippen LogP contribution in [0.2, 0.25) is 0 Å². The van der Waals surface area contributed by atoms with Crippen molar-refractivity contribution in [1.29, 1.82) is 0 Å². The minimum atomic E-state index is -4.31. The Bertz CT molecular complexity index is 662. The van der Waals surface area contributed by atoms with Gasteiger partial charge in [0.15, 0.2) is 0 Å². The first-order chi connectivity index (χ1) is 12.1. The summed E-state index contributed by atoms with van der Waals surface area (Å²) in [6.07, 6.45) is -7.98. The summed E-state index contributed by atoms with van der Waals surface area (Å²) in [5, 5.41) is 32.3. The second-order valence-corrected chi connectivity index (χ2v) is 7.69. The van der Waals surface area contributed by atoms with Crippen LogP contribution in [0.25, 0.3) is 0 Å². The van der Waals surface area contributed by atoms with Gasteiger partial charge in [-0.15, -0.1) is 0 Å². The number of hydrogen-bond acceptors (Lipinski definition) is 7. The molecule has 1 aliphatic heterocycles. The molecule has 6 N–H and O–H groups in total. The van der Waals surface area contributed by atoms with Crippen molar-refractivity contribution in [3.8, 4) is 5.75 Å². The van der Waals surface area contributed by atoms with E-state index < -0.39 is 44.5 Å². The van der Waals surface area contributed by atoms with Crippen LogP contribution in [0.15, 0.2) is 24.3 Å². The Morgan fingerprint density at radius 1 is 1.15 bits per heavy atom. The van der Waals surface area contributed by atoms with E-state index in [9.17, 15) is 24.7 Å². The first-order valence-electron chi connectivity index (χ1n) is 7.85. The average molecular weight is 391 g/mol. The highest BCUT2D eigenvalue weighted by molar-refractivity contribution is 7.51. The van der Waals surface area contributed by atoms with E-state index in [0.29, 0.717) is 5.56 Å². The highest BCUT2D eigenvalue weighted by atomic mass is 31.2. The van der Waals surface area contributed by atoms with Crippen LogP contribution in [0.4, 0.5) is 0 Å². The molecular formula is C15H22NO9P. The summed E-state index contributed by atoms with van der Waals surface area (Å²) in [5.74, 6) is -0.0550. The highest BCUT2D eigenvalue weighted by Crippen LogP contribution is 2.37. The molecule has 1 aromatic rings. The standard InChI is InChI=1S/C15H22NO9P/c1-16-14(20)8-2-4-9(5-3-8)24-15-13(19)12(18)11(17)10(25-15)6-7-26(21,22)23/h2-5,10-13,15,17-19H,6-7H2,1H3,(H,16,20)(H2,21,22,23)/t10-,11-,12+,13+,15+/m1/s1. The lowest BCUT2D eigenvalue weighted by Crippen LogP contribution is -2.59. The lowest BCUT2D eigenvalue weighted by atomic mass is 9.97. The molecule has 1 saturated heterocycles. The van der Waals surface area contributed by atoms with Gasteiger partial charge in [-0.2, -0.15) is 0 Å². The Morgan fingerprint density at radius 2 is 1.77 bits per heavy atom. The summed E-state index contributed by atoms with van der Waals surface area (Å²) in [7, 11) is -2.82.